The van der Waals surface area contributed by atoms with Crippen molar-refractivity contribution in [3.8, 4) is 0 Å². The van der Waals surface area contributed by atoms with E-state index in [0.717, 1.165) is 12.2 Å². The Bertz CT molecular complexity index is 314. The Morgan fingerprint density at radius 1 is 1.25 bits per heavy atom. The molecule has 1 aliphatic carbocycles. The monoisotopic (exact) mass is 219 g/mol. The van der Waals surface area contributed by atoms with Crippen molar-refractivity contribution in [3.63, 3.8) is 0 Å². The fourth-order valence-corrected chi connectivity index (χ4v) is 2.37. The zero-order valence-electron chi connectivity index (χ0n) is 10.0. The Balaban J connectivity index is 2.06. The summed E-state index contributed by atoms with van der Waals surface area (Å²) in [6.07, 6.45) is 11.5. The maximum atomic E-state index is 5.90. The van der Waals surface area contributed by atoms with Crippen LogP contribution < -0.4 is 5.73 Å². The molecule has 1 aromatic rings. The molecule has 3 heteroatoms. The van der Waals surface area contributed by atoms with Gasteiger partial charge < -0.3 is 5.73 Å². The smallest absolute Gasteiger partial charge is 0.144 e. The third kappa shape index (κ3) is 2.59. The number of hydrogen-bond donors (Lipinski definition) is 1. The van der Waals surface area contributed by atoms with Gasteiger partial charge in [0.1, 0.15) is 5.82 Å². The van der Waals surface area contributed by atoms with Crippen LogP contribution in [0.25, 0.3) is 0 Å². The molecule has 0 amide bonds. The number of aromatic nitrogens is 2. The lowest BCUT2D eigenvalue weighted by molar-refractivity contribution is 0.441. The molecule has 1 unspecified atom stereocenters. The molecule has 16 heavy (non-hydrogen) atoms. The summed E-state index contributed by atoms with van der Waals surface area (Å²) in [6.45, 7) is 2.06. The average molecular weight is 219 g/mol. The second-order valence-corrected chi connectivity index (χ2v) is 4.72. The summed E-state index contributed by atoms with van der Waals surface area (Å²) in [5, 5.41) is 0. The van der Waals surface area contributed by atoms with Crippen molar-refractivity contribution < 1.29 is 0 Å². The van der Waals surface area contributed by atoms with Crippen LogP contribution in [0, 0.1) is 0 Å². The molecule has 1 saturated carbocycles. The number of rotatable bonds is 3. The molecule has 0 radical (unpaired) electrons. The molecule has 0 saturated heterocycles. The summed E-state index contributed by atoms with van der Waals surface area (Å²) in [5.41, 5.74) is 7.20. The van der Waals surface area contributed by atoms with Crippen LogP contribution in [-0.4, -0.2) is 9.97 Å². The largest absolute Gasteiger partial charge is 0.321 e. The molecular formula is C13H21N3. The standard InChI is InChI=1S/C13H21N3/c1-2-12(14)13-15-8-11(9-16-13)10-6-4-3-5-7-10/h8-10,12H,2-7,14H2,1H3. The highest BCUT2D eigenvalue weighted by Gasteiger charge is 2.16. The van der Waals surface area contributed by atoms with E-state index in [1.54, 1.807) is 0 Å². The lowest BCUT2D eigenvalue weighted by Gasteiger charge is -2.21. The summed E-state index contributed by atoms with van der Waals surface area (Å²) >= 11 is 0. The van der Waals surface area contributed by atoms with Crippen molar-refractivity contribution in [2.24, 2.45) is 5.73 Å². The third-order valence-corrected chi connectivity index (χ3v) is 3.54. The van der Waals surface area contributed by atoms with Crippen LogP contribution in [-0.2, 0) is 0 Å². The third-order valence-electron chi connectivity index (χ3n) is 3.54. The van der Waals surface area contributed by atoms with Gasteiger partial charge in [-0.05, 0) is 30.7 Å². The van der Waals surface area contributed by atoms with E-state index in [-0.39, 0.29) is 6.04 Å². The van der Waals surface area contributed by atoms with Crippen molar-refractivity contribution in [1.29, 1.82) is 0 Å². The molecule has 0 spiro atoms. The Hall–Kier alpha value is -0.960. The normalized spacial score (nSPS) is 19.6. The van der Waals surface area contributed by atoms with E-state index in [2.05, 4.69) is 16.9 Å². The highest BCUT2D eigenvalue weighted by atomic mass is 14.9. The minimum Gasteiger partial charge on any atom is -0.321 e. The first-order valence-electron chi connectivity index (χ1n) is 6.38. The first-order chi connectivity index (χ1) is 7.81. The van der Waals surface area contributed by atoms with Crippen molar-refractivity contribution in [1.82, 2.24) is 9.97 Å². The molecule has 88 valence electrons. The molecule has 1 heterocycles. The topological polar surface area (TPSA) is 51.8 Å². The van der Waals surface area contributed by atoms with Crippen LogP contribution in [0.2, 0.25) is 0 Å². The fourth-order valence-electron chi connectivity index (χ4n) is 2.37. The van der Waals surface area contributed by atoms with E-state index in [0.29, 0.717) is 5.92 Å². The van der Waals surface area contributed by atoms with E-state index in [1.165, 1.54) is 37.7 Å². The number of nitrogens with two attached hydrogens (primary N) is 1. The quantitative estimate of drug-likeness (QED) is 0.850. The van der Waals surface area contributed by atoms with Gasteiger partial charge in [0.2, 0.25) is 0 Å². The predicted molar refractivity (Wildman–Crippen MR) is 65.1 cm³/mol. The summed E-state index contributed by atoms with van der Waals surface area (Å²) < 4.78 is 0. The predicted octanol–water partition coefficient (Wildman–Crippen LogP) is 2.93. The van der Waals surface area contributed by atoms with Crippen molar-refractivity contribution in [2.75, 3.05) is 0 Å². The van der Waals surface area contributed by atoms with Crippen molar-refractivity contribution in [2.45, 2.75) is 57.4 Å². The molecule has 1 aliphatic rings. The zero-order chi connectivity index (χ0) is 11.4. The van der Waals surface area contributed by atoms with E-state index >= 15 is 0 Å². The minimum absolute atomic E-state index is 0.0135. The van der Waals surface area contributed by atoms with Gasteiger partial charge in [-0.2, -0.15) is 0 Å². The van der Waals surface area contributed by atoms with Gasteiger partial charge >= 0.3 is 0 Å². The van der Waals surface area contributed by atoms with E-state index in [9.17, 15) is 0 Å². The van der Waals surface area contributed by atoms with E-state index < -0.39 is 0 Å². The minimum atomic E-state index is -0.0135. The highest BCUT2D eigenvalue weighted by molar-refractivity contribution is 5.13. The van der Waals surface area contributed by atoms with Crippen molar-refractivity contribution in [3.05, 3.63) is 23.8 Å². The van der Waals surface area contributed by atoms with Gasteiger partial charge in [-0.1, -0.05) is 26.2 Å². The van der Waals surface area contributed by atoms with Crippen molar-refractivity contribution >= 4 is 0 Å². The van der Waals surface area contributed by atoms with Gasteiger partial charge in [0.05, 0.1) is 6.04 Å². The van der Waals surface area contributed by atoms with Crippen LogP contribution in [0.1, 0.15) is 68.8 Å². The molecule has 0 aromatic carbocycles. The number of nitrogens with zero attached hydrogens (tertiary/aromatic N) is 2. The van der Waals surface area contributed by atoms with E-state index in [4.69, 9.17) is 5.73 Å². The van der Waals surface area contributed by atoms with Gasteiger partial charge in [0.25, 0.3) is 0 Å². The average Bonchev–Trinajstić information content (AvgIpc) is 2.39. The molecule has 2 N–H and O–H groups in total. The van der Waals surface area contributed by atoms with Crippen LogP contribution >= 0.6 is 0 Å². The fraction of sp³-hybridized carbons (Fsp3) is 0.692. The maximum Gasteiger partial charge on any atom is 0.144 e. The first-order valence-corrected chi connectivity index (χ1v) is 6.38. The summed E-state index contributed by atoms with van der Waals surface area (Å²) in [7, 11) is 0. The molecule has 1 fully saturated rings. The second kappa shape index (κ2) is 5.39. The Morgan fingerprint density at radius 3 is 2.44 bits per heavy atom. The SMILES string of the molecule is CCC(N)c1ncc(C2CCCCC2)cn1. The molecule has 1 atom stereocenters. The maximum absolute atomic E-state index is 5.90. The number of hydrogen-bond acceptors (Lipinski definition) is 3. The lowest BCUT2D eigenvalue weighted by atomic mass is 9.85. The molecule has 1 aromatic heterocycles. The van der Waals surface area contributed by atoms with Gasteiger partial charge in [-0.15, -0.1) is 0 Å². The lowest BCUT2D eigenvalue weighted by Crippen LogP contribution is -2.14. The van der Waals surface area contributed by atoms with Crippen LogP contribution in [0.3, 0.4) is 0 Å². The molecular weight excluding hydrogens is 198 g/mol. The molecule has 2 rings (SSSR count). The first kappa shape index (κ1) is 11.5. The van der Waals surface area contributed by atoms with Crippen LogP contribution in [0.4, 0.5) is 0 Å². The molecule has 0 bridgehead atoms. The molecule has 3 nitrogen and oxygen atoms in total. The Labute approximate surface area is 97.5 Å². The summed E-state index contributed by atoms with van der Waals surface area (Å²) in [6, 6.07) is -0.0135. The highest BCUT2D eigenvalue weighted by Crippen LogP contribution is 2.31. The van der Waals surface area contributed by atoms with Crippen LogP contribution in [0.15, 0.2) is 12.4 Å². The Morgan fingerprint density at radius 2 is 1.88 bits per heavy atom. The Kier molecular flexibility index (Phi) is 3.88. The molecule has 0 aliphatic heterocycles. The summed E-state index contributed by atoms with van der Waals surface area (Å²) in [4.78, 5) is 8.78. The van der Waals surface area contributed by atoms with Gasteiger partial charge in [-0.25, -0.2) is 9.97 Å². The summed E-state index contributed by atoms with van der Waals surface area (Å²) in [5.74, 6) is 1.46. The zero-order valence-corrected chi connectivity index (χ0v) is 10.0. The second-order valence-electron chi connectivity index (χ2n) is 4.72. The van der Waals surface area contributed by atoms with Gasteiger partial charge in [-0.3, -0.25) is 0 Å². The van der Waals surface area contributed by atoms with Crippen LogP contribution in [0.5, 0.6) is 0 Å². The van der Waals surface area contributed by atoms with Gasteiger partial charge in [0, 0.05) is 12.4 Å². The van der Waals surface area contributed by atoms with E-state index in [1.807, 2.05) is 12.4 Å². The van der Waals surface area contributed by atoms with Gasteiger partial charge in [0.15, 0.2) is 0 Å².